The number of rotatable bonds is 4. The van der Waals surface area contributed by atoms with Gasteiger partial charge in [-0.3, -0.25) is 10.1 Å². The summed E-state index contributed by atoms with van der Waals surface area (Å²) in [5, 5.41) is 14.6. The summed E-state index contributed by atoms with van der Waals surface area (Å²) in [6.45, 7) is 1.94. The van der Waals surface area contributed by atoms with E-state index in [0.717, 1.165) is 5.56 Å². The molecule has 0 aliphatic carbocycles. The average molecular weight is 277 g/mol. The first-order valence-corrected chi connectivity index (χ1v) is 6.21. The lowest BCUT2D eigenvalue weighted by atomic mass is 10.1. The van der Waals surface area contributed by atoms with Crippen LogP contribution < -0.4 is 5.32 Å². The van der Waals surface area contributed by atoms with Crippen molar-refractivity contribution in [1.29, 1.82) is 0 Å². The number of benzene rings is 2. The molecule has 2 aromatic rings. The Morgan fingerprint density at radius 1 is 1.21 bits per heavy atom. The summed E-state index contributed by atoms with van der Waals surface area (Å²) in [4.78, 5) is 10.6. The van der Waals surface area contributed by atoms with Crippen molar-refractivity contribution in [3.8, 4) is 0 Å². The molecule has 1 atom stereocenters. The molecule has 5 heteroatoms. The Kier molecular flexibility index (Phi) is 4.02. The molecule has 98 valence electrons. The van der Waals surface area contributed by atoms with E-state index in [-0.39, 0.29) is 11.7 Å². The topological polar surface area (TPSA) is 55.2 Å². The Morgan fingerprint density at radius 3 is 2.53 bits per heavy atom. The molecule has 2 aromatic carbocycles. The average Bonchev–Trinajstić information content (AvgIpc) is 2.39. The lowest BCUT2D eigenvalue weighted by molar-refractivity contribution is -0.384. The number of nitrogens with zero attached hydrogens (tertiary/aromatic N) is 1. The normalized spacial score (nSPS) is 11.9. The lowest BCUT2D eigenvalue weighted by Crippen LogP contribution is -2.08. The maximum atomic E-state index is 11.0. The smallest absolute Gasteiger partial charge is 0.292 e. The highest BCUT2D eigenvalue weighted by Crippen LogP contribution is 2.30. The molecule has 1 N–H and O–H groups in total. The third-order valence-electron chi connectivity index (χ3n) is 2.83. The van der Waals surface area contributed by atoms with Crippen LogP contribution in [0.15, 0.2) is 48.5 Å². The van der Waals surface area contributed by atoms with Crippen molar-refractivity contribution in [3.63, 3.8) is 0 Å². The van der Waals surface area contributed by atoms with Gasteiger partial charge in [0, 0.05) is 17.1 Å². The molecule has 19 heavy (non-hydrogen) atoms. The van der Waals surface area contributed by atoms with Crippen LogP contribution in [-0.2, 0) is 0 Å². The predicted octanol–water partition coefficient (Wildman–Crippen LogP) is 4.42. The first-order valence-electron chi connectivity index (χ1n) is 5.83. The van der Waals surface area contributed by atoms with Crippen molar-refractivity contribution >= 4 is 23.0 Å². The van der Waals surface area contributed by atoms with Crippen molar-refractivity contribution in [3.05, 3.63) is 69.2 Å². The van der Waals surface area contributed by atoms with Gasteiger partial charge in [-0.15, -0.1) is 0 Å². The maximum absolute atomic E-state index is 11.0. The monoisotopic (exact) mass is 276 g/mol. The van der Waals surface area contributed by atoms with Gasteiger partial charge in [-0.1, -0.05) is 41.9 Å². The summed E-state index contributed by atoms with van der Waals surface area (Å²) in [7, 11) is 0. The Labute approximate surface area is 116 Å². The summed E-state index contributed by atoms with van der Waals surface area (Å²) in [6, 6.07) is 14.2. The number of nitrogens with one attached hydrogen (secondary N) is 1. The van der Waals surface area contributed by atoms with Crippen LogP contribution in [0.2, 0.25) is 5.02 Å². The van der Waals surface area contributed by atoms with E-state index in [1.54, 1.807) is 6.07 Å². The minimum Gasteiger partial charge on any atom is -0.373 e. The van der Waals surface area contributed by atoms with Crippen LogP contribution in [-0.4, -0.2) is 4.92 Å². The summed E-state index contributed by atoms with van der Waals surface area (Å²) in [5.74, 6) is 0. The summed E-state index contributed by atoms with van der Waals surface area (Å²) in [6.07, 6.45) is 0. The second-order valence-corrected chi connectivity index (χ2v) is 4.63. The third kappa shape index (κ3) is 3.23. The van der Waals surface area contributed by atoms with E-state index in [4.69, 9.17) is 11.6 Å². The molecule has 0 unspecified atom stereocenters. The van der Waals surface area contributed by atoms with Gasteiger partial charge in [0.15, 0.2) is 0 Å². The standard InChI is InChI=1S/C14H13ClN2O2/c1-10(11-5-3-2-4-6-11)16-13-9-12(15)7-8-14(13)17(18)19/h2-10,16H,1H3/t10-/m0/s1. The summed E-state index contributed by atoms with van der Waals surface area (Å²) < 4.78 is 0. The summed E-state index contributed by atoms with van der Waals surface area (Å²) >= 11 is 5.89. The number of nitro benzene ring substituents is 1. The molecule has 0 aromatic heterocycles. The van der Waals surface area contributed by atoms with Crippen LogP contribution >= 0.6 is 11.6 Å². The molecule has 0 saturated heterocycles. The quantitative estimate of drug-likeness (QED) is 0.664. The number of anilines is 1. The first kappa shape index (κ1) is 13.4. The van der Waals surface area contributed by atoms with E-state index in [2.05, 4.69) is 5.32 Å². The van der Waals surface area contributed by atoms with Crippen molar-refractivity contribution in [2.24, 2.45) is 0 Å². The summed E-state index contributed by atoms with van der Waals surface area (Å²) in [5.41, 5.74) is 1.50. The van der Waals surface area contributed by atoms with Gasteiger partial charge < -0.3 is 5.32 Å². The third-order valence-corrected chi connectivity index (χ3v) is 3.06. The fourth-order valence-electron chi connectivity index (χ4n) is 1.84. The van der Waals surface area contributed by atoms with Gasteiger partial charge in [0.2, 0.25) is 0 Å². The number of hydrogen-bond donors (Lipinski definition) is 1. The molecule has 0 aliphatic heterocycles. The highest BCUT2D eigenvalue weighted by Gasteiger charge is 2.16. The lowest BCUT2D eigenvalue weighted by Gasteiger charge is -2.15. The SMILES string of the molecule is C[C@H](Nc1cc(Cl)ccc1[N+](=O)[O-])c1ccccc1. The predicted molar refractivity (Wildman–Crippen MR) is 76.6 cm³/mol. The molecule has 0 radical (unpaired) electrons. The van der Waals surface area contributed by atoms with Crippen molar-refractivity contribution in [2.45, 2.75) is 13.0 Å². The number of nitro groups is 1. The first-order chi connectivity index (χ1) is 9.08. The molecule has 2 rings (SSSR count). The van der Waals surface area contributed by atoms with Crippen molar-refractivity contribution in [2.75, 3.05) is 5.32 Å². The van der Waals surface area contributed by atoms with Crippen LogP contribution in [0.3, 0.4) is 0 Å². The van der Waals surface area contributed by atoms with Gasteiger partial charge in [0.25, 0.3) is 5.69 Å². The Bertz CT molecular complexity index is 587. The molecule has 0 spiro atoms. The van der Waals surface area contributed by atoms with E-state index in [1.165, 1.54) is 12.1 Å². The van der Waals surface area contributed by atoms with Crippen LogP contribution in [0.25, 0.3) is 0 Å². The molecule has 0 fully saturated rings. The molecular weight excluding hydrogens is 264 g/mol. The molecule has 0 saturated carbocycles. The number of halogens is 1. The minimum absolute atomic E-state index is 0.0205. The molecule has 0 bridgehead atoms. The zero-order valence-electron chi connectivity index (χ0n) is 10.3. The fourth-order valence-corrected chi connectivity index (χ4v) is 2.01. The molecular formula is C14H13ClN2O2. The van der Waals surface area contributed by atoms with Gasteiger partial charge in [-0.2, -0.15) is 0 Å². The zero-order valence-corrected chi connectivity index (χ0v) is 11.1. The zero-order chi connectivity index (χ0) is 13.8. The highest BCUT2D eigenvalue weighted by atomic mass is 35.5. The van der Waals surface area contributed by atoms with Gasteiger partial charge >= 0.3 is 0 Å². The number of hydrogen-bond acceptors (Lipinski definition) is 3. The fraction of sp³-hybridized carbons (Fsp3) is 0.143. The largest absolute Gasteiger partial charge is 0.373 e. The van der Waals surface area contributed by atoms with E-state index in [9.17, 15) is 10.1 Å². The van der Waals surface area contributed by atoms with Crippen LogP contribution in [0.1, 0.15) is 18.5 Å². The second-order valence-electron chi connectivity index (χ2n) is 4.20. The van der Waals surface area contributed by atoms with E-state index < -0.39 is 4.92 Å². The molecule has 0 amide bonds. The van der Waals surface area contributed by atoms with E-state index in [1.807, 2.05) is 37.3 Å². The van der Waals surface area contributed by atoms with Gasteiger partial charge in [-0.05, 0) is 24.6 Å². The van der Waals surface area contributed by atoms with Crippen LogP contribution in [0.4, 0.5) is 11.4 Å². The second kappa shape index (κ2) is 5.71. The van der Waals surface area contributed by atoms with Crippen LogP contribution in [0.5, 0.6) is 0 Å². The highest BCUT2D eigenvalue weighted by molar-refractivity contribution is 6.31. The van der Waals surface area contributed by atoms with Gasteiger partial charge in [0.05, 0.1) is 4.92 Å². The van der Waals surface area contributed by atoms with E-state index >= 15 is 0 Å². The Hall–Kier alpha value is -2.07. The molecule has 4 nitrogen and oxygen atoms in total. The Balaban J connectivity index is 2.28. The molecule has 0 aliphatic rings. The molecule has 0 heterocycles. The van der Waals surface area contributed by atoms with Crippen LogP contribution in [0, 0.1) is 10.1 Å². The van der Waals surface area contributed by atoms with Crippen molar-refractivity contribution in [1.82, 2.24) is 0 Å². The Morgan fingerprint density at radius 2 is 1.89 bits per heavy atom. The van der Waals surface area contributed by atoms with Gasteiger partial charge in [-0.25, -0.2) is 0 Å². The maximum Gasteiger partial charge on any atom is 0.292 e. The van der Waals surface area contributed by atoms with Crippen molar-refractivity contribution < 1.29 is 4.92 Å². The van der Waals surface area contributed by atoms with E-state index in [0.29, 0.717) is 10.7 Å². The minimum atomic E-state index is -0.420. The van der Waals surface area contributed by atoms with Gasteiger partial charge in [0.1, 0.15) is 5.69 Å².